The van der Waals surface area contributed by atoms with Gasteiger partial charge in [0.05, 0.1) is 6.61 Å². The van der Waals surface area contributed by atoms with E-state index in [4.69, 9.17) is 14.3 Å². The molecule has 28 heavy (non-hydrogen) atoms. The van der Waals surface area contributed by atoms with Gasteiger partial charge in [-0.15, -0.1) is 0 Å². The molecule has 1 aromatic heterocycles. The van der Waals surface area contributed by atoms with Gasteiger partial charge in [0.15, 0.2) is 5.76 Å². The summed E-state index contributed by atoms with van der Waals surface area (Å²) >= 11 is 0. The van der Waals surface area contributed by atoms with Crippen LogP contribution < -0.4 is 0 Å². The van der Waals surface area contributed by atoms with E-state index in [0.717, 1.165) is 12.8 Å². The second kappa shape index (κ2) is 15.5. The Kier molecular flexibility index (Phi) is 13.7. The Balaban J connectivity index is 1.86. The van der Waals surface area contributed by atoms with E-state index in [1.807, 2.05) is 0 Å². The zero-order chi connectivity index (χ0) is 20.6. The number of aliphatic hydroxyl groups excluding tert-OH is 1. The Morgan fingerprint density at radius 3 is 1.61 bits per heavy atom. The molecule has 0 bridgehead atoms. The fraction of sp³-hybridized carbons (Fsp3) is 0.818. The third kappa shape index (κ3) is 10.2. The van der Waals surface area contributed by atoms with E-state index in [2.05, 4.69) is 6.92 Å². The van der Waals surface area contributed by atoms with E-state index < -0.39 is 23.5 Å². The van der Waals surface area contributed by atoms with Gasteiger partial charge in [-0.1, -0.05) is 90.4 Å². The number of hydrogen-bond donors (Lipinski definition) is 4. The zero-order valence-corrected chi connectivity index (χ0v) is 17.5. The first-order valence-corrected chi connectivity index (χ1v) is 11.1. The molecule has 1 rings (SSSR count). The molecule has 164 valence electrons. The van der Waals surface area contributed by atoms with Crippen molar-refractivity contribution in [2.75, 3.05) is 13.2 Å². The monoisotopic (exact) mass is 400 g/mol. The second-order valence-electron chi connectivity index (χ2n) is 7.66. The first-order valence-electron chi connectivity index (χ1n) is 11.1. The van der Waals surface area contributed by atoms with Gasteiger partial charge in [-0.25, -0.2) is 0 Å². The van der Waals surface area contributed by atoms with Gasteiger partial charge >= 0.3 is 5.95 Å². The molecule has 0 unspecified atom stereocenters. The summed E-state index contributed by atoms with van der Waals surface area (Å²) in [5, 5.41) is 37.8. The number of hydrogen-bond acceptors (Lipinski definition) is 6. The smallest absolute Gasteiger partial charge is 0.330 e. The van der Waals surface area contributed by atoms with Crippen LogP contribution in [0.1, 0.15) is 109 Å². The summed E-state index contributed by atoms with van der Waals surface area (Å²) in [5.74, 6) is -2.50. The third-order valence-corrected chi connectivity index (χ3v) is 5.09. The van der Waals surface area contributed by atoms with Crippen LogP contribution >= 0.6 is 0 Å². The van der Waals surface area contributed by atoms with Gasteiger partial charge in [0.2, 0.25) is 11.5 Å². The number of furan rings is 1. The average molecular weight is 401 g/mol. The van der Waals surface area contributed by atoms with Gasteiger partial charge in [-0.2, -0.15) is 0 Å². The summed E-state index contributed by atoms with van der Waals surface area (Å²) < 4.78 is 10.1. The molecule has 0 saturated carbocycles. The molecule has 1 heterocycles. The number of ether oxygens (including phenoxy) is 1. The average Bonchev–Trinajstić information content (AvgIpc) is 2.95. The normalized spacial score (nSPS) is 12.5. The Hall–Kier alpha value is -1.40. The van der Waals surface area contributed by atoms with Crippen molar-refractivity contribution in [3.05, 3.63) is 5.76 Å². The maximum Gasteiger partial charge on any atom is 0.330 e. The highest BCUT2D eigenvalue weighted by Gasteiger charge is 2.24. The molecule has 0 saturated heterocycles. The molecule has 0 aliphatic rings. The highest BCUT2D eigenvalue weighted by atomic mass is 16.5. The van der Waals surface area contributed by atoms with Crippen molar-refractivity contribution < 1.29 is 29.6 Å². The lowest BCUT2D eigenvalue weighted by Gasteiger charge is -2.09. The summed E-state index contributed by atoms with van der Waals surface area (Å²) in [6.45, 7) is 2.72. The number of aromatic hydroxyl groups is 3. The van der Waals surface area contributed by atoms with Crippen LogP contribution in [0.3, 0.4) is 0 Å². The topological polar surface area (TPSA) is 103 Å². The van der Waals surface area contributed by atoms with Crippen LogP contribution in [0.5, 0.6) is 17.4 Å². The van der Waals surface area contributed by atoms with Crippen molar-refractivity contribution in [1.82, 2.24) is 0 Å². The Morgan fingerprint density at radius 2 is 1.18 bits per heavy atom. The zero-order valence-electron chi connectivity index (χ0n) is 17.5. The second-order valence-corrected chi connectivity index (χ2v) is 7.66. The molecule has 0 amide bonds. The molecule has 0 aliphatic carbocycles. The van der Waals surface area contributed by atoms with Gasteiger partial charge in [0, 0.05) is 6.61 Å². The number of unbranched alkanes of at least 4 members (excludes halogenated alkanes) is 13. The maximum atomic E-state index is 9.85. The van der Waals surface area contributed by atoms with Crippen molar-refractivity contribution in [2.45, 2.75) is 103 Å². The minimum atomic E-state index is -1.22. The van der Waals surface area contributed by atoms with Gasteiger partial charge in [-0.05, 0) is 6.42 Å². The highest BCUT2D eigenvalue weighted by molar-refractivity contribution is 5.47. The van der Waals surface area contributed by atoms with E-state index in [1.165, 1.54) is 77.0 Å². The molecule has 0 fully saturated rings. The lowest BCUT2D eigenvalue weighted by atomic mass is 10.0. The largest absolute Gasteiger partial charge is 0.502 e. The molecule has 0 spiro atoms. The first kappa shape index (κ1) is 24.6. The quantitative estimate of drug-likeness (QED) is 0.228. The Morgan fingerprint density at radius 1 is 0.714 bits per heavy atom. The lowest BCUT2D eigenvalue weighted by Crippen LogP contribution is -2.07. The highest BCUT2D eigenvalue weighted by Crippen LogP contribution is 2.43. The Bertz CT molecular complexity index is 499. The molecular weight excluding hydrogens is 360 g/mol. The van der Waals surface area contributed by atoms with Gasteiger partial charge in [0.1, 0.15) is 6.10 Å². The number of rotatable bonds is 18. The minimum Gasteiger partial charge on any atom is -0.502 e. The fourth-order valence-electron chi connectivity index (χ4n) is 3.31. The molecular formula is C22H40O6. The van der Waals surface area contributed by atoms with E-state index >= 15 is 0 Å². The van der Waals surface area contributed by atoms with Crippen LogP contribution in [0, 0.1) is 0 Å². The molecule has 6 nitrogen and oxygen atoms in total. The summed E-state index contributed by atoms with van der Waals surface area (Å²) in [4.78, 5) is 0. The van der Waals surface area contributed by atoms with E-state index in [9.17, 15) is 15.3 Å². The van der Waals surface area contributed by atoms with Crippen LogP contribution in [0.4, 0.5) is 0 Å². The van der Waals surface area contributed by atoms with E-state index in [-0.39, 0.29) is 12.4 Å². The summed E-state index contributed by atoms with van der Waals surface area (Å²) in [6.07, 6.45) is 16.9. The maximum absolute atomic E-state index is 9.85. The molecule has 0 radical (unpaired) electrons. The predicted molar refractivity (Wildman–Crippen MR) is 110 cm³/mol. The molecule has 1 aromatic rings. The van der Waals surface area contributed by atoms with Crippen molar-refractivity contribution in [3.8, 4) is 17.4 Å². The van der Waals surface area contributed by atoms with Crippen molar-refractivity contribution in [2.24, 2.45) is 0 Å². The van der Waals surface area contributed by atoms with Crippen molar-refractivity contribution in [3.63, 3.8) is 0 Å². The first-order chi connectivity index (χ1) is 13.6. The molecule has 6 heteroatoms. The van der Waals surface area contributed by atoms with Gasteiger partial charge < -0.3 is 29.6 Å². The number of aliphatic hydroxyl groups is 1. The summed E-state index contributed by atoms with van der Waals surface area (Å²) in [5.41, 5.74) is 0. The summed E-state index contributed by atoms with van der Waals surface area (Å²) in [7, 11) is 0. The fourth-order valence-corrected chi connectivity index (χ4v) is 3.31. The van der Waals surface area contributed by atoms with E-state index in [1.54, 1.807) is 0 Å². The van der Waals surface area contributed by atoms with Crippen LogP contribution in [-0.2, 0) is 4.74 Å². The SMILES string of the molecule is CCCCCCCCCCCCCCCCOC[C@H](O)c1oc(O)c(O)c1O. The molecule has 4 N–H and O–H groups in total. The van der Waals surface area contributed by atoms with Crippen LogP contribution in [0.25, 0.3) is 0 Å². The van der Waals surface area contributed by atoms with Gasteiger partial charge in [-0.3, -0.25) is 0 Å². The van der Waals surface area contributed by atoms with Crippen LogP contribution in [-0.4, -0.2) is 33.6 Å². The molecule has 0 aliphatic heterocycles. The van der Waals surface area contributed by atoms with E-state index in [0.29, 0.717) is 6.61 Å². The Labute approximate surface area is 169 Å². The molecule has 1 atom stereocenters. The standard InChI is InChI=1S/C22H40O6/c1-2-3-4-5-6-7-8-9-10-11-12-13-14-15-16-27-17-18(23)21-19(24)20(25)22(26)28-21/h18,23-26H,2-17H2,1H3/t18-/m0/s1. The lowest BCUT2D eigenvalue weighted by molar-refractivity contribution is 0.0207. The predicted octanol–water partition coefficient (Wildman–Crippen LogP) is 5.93. The van der Waals surface area contributed by atoms with Crippen molar-refractivity contribution >= 4 is 0 Å². The van der Waals surface area contributed by atoms with Gasteiger partial charge in [0.25, 0.3) is 0 Å². The molecule has 0 aromatic carbocycles. The van der Waals surface area contributed by atoms with Crippen molar-refractivity contribution in [1.29, 1.82) is 0 Å². The van der Waals surface area contributed by atoms with Crippen LogP contribution in [0.15, 0.2) is 4.42 Å². The summed E-state index contributed by atoms with van der Waals surface area (Å²) in [6, 6.07) is 0. The van der Waals surface area contributed by atoms with Crippen LogP contribution in [0.2, 0.25) is 0 Å². The third-order valence-electron chi connectivity index (χ3n) is 5.09. The minimum absolute atomic E-state index is 0.0571.